The summed E-state index contributed by atoms with van der Waals surface area (Å²) in [5.41, 5.74) is 4.34. The Morgan fingerprint density at radius 1 is 1.06 bits per heavy atom. The number of carbonyl (C=O) groups excluding carboxylic acids is 1. The predicted octanol–water partition coefficient (Wildman–Crippen LogP) is 5.03. The number of nitrogens with one attached hydrogen (secondary N) is 1. The third-order valence-electron chi connectivity index (χ3n) is 5.84. The fourth-order valence-corrected chi connectivity index (χ4v) is 3.98. The Kier molecular flexibility index (Phi) is 7.00. The molecule has 0 radical (unpaired) electrons. The van der Waals surface area contributed by atoms with Gasteiger partial charge in [-0.3, -0.25) is 4.79 Å². The zero-order valence-electron chi connectivity index (χ0n) is 19.0. The Hall–Kier alpha value is -2.99. The van der Waals surface area contributed by atoms with E-state index in [1.807, 2.05) is 31.2 Å². The molecule has 4 rings (SSSR count). The SMILES string of the molecule is CCOC(=O)[C@H]1C[C@@H](NCc2ccc(-c3nc(-c4ccc(CC(C)C)cc4)no3)cc2)C1. The van der Waals surface area contributed by atoms with Crippen LogP contribution in [0.25, 0.3) is 22.8 Å². The average molecular weight is 434 g/mol. The summed E-state index contributed by atoms with van der Waals surface area (Å²) in [6.07, 6.45) is 2.76. The van der Waals surface area contributed by atoms with Crippen molar-refractivity contribution >= 4 is 5.97 Å². The highest BCUT2D eigenvalue weighted by Crippen LogP contribution is 2.29. The molecule has 0 spiro atoms. The minimum Gasteiger partial charge on any atom is -0.466 e. The van der Waals surface area contributed by atoms with Crippen molar-refractivity contribution in [3.63, 3.8) is 0 Å². The molecule has 1 aromatic heterocycles. The number of nitrogens with zero attached hydrogens (tertiary/aromatic N) is 2. The average Bonchev–Trinajstić information content (AvgIpc) is 3.23. The molecule has 0 aliphatic heterocycles. The number of ether oxygens (including phenoxy) is 1. The summed E-state index contributed by atoms with van der Waals surface area (Å²) in [6.45, 7) is 7.49. The van der Waals surface area contributed by atoms with Gasteiger partial charge in [0.2, 0.25) is 5.82 Å². The van der Waals surface area contributed by atoms with Crippen molar-refractivity contribution in [1.82, 2.24) is 15.5 Å². The molecule has 1 heterocycles. The molecule has 1 saturated carbocycles. The van der Waals surface area contributed by atoms with Crippen LogP contribution in [0.5, 0.6) is 0 Å². The Labute approximate surface area is 189 Å². The summed E-state index contributed by atoms with van der Waals surface area (Å²) < 4.78 is 10.6. The number of esters is 1. The second-order valence-electron chi connectivity index (χ2n) is 8.91. The Balaban J connectivity index is 1.30. The third kappa shape index (κ3) is 5.43. The summed E-state index contributed by atoms with van der Waals surface area (Å²) in [5, 5.41) is 7.66. The van der Waals surface area contributed by atoms with Gasteiger partial charge >= 0.3 is 5.97 Å². The van der Waals surface area contributed by atoms with Crippen LogP contribution < -0.4 is 5.32 Å². The molecule has 6 nitrogen and oxygen atoms in total. The van der Waals surface area contributed by atoms with Gasteiger partial charge in [0.25, 0.3) is 5.89 Å². The van der Waals surface area contributed by atoms with Gasteiger partial charge in [0.1, 0.15) is 0 Å². The maximum atomic E-state index is 11.7. The summed E-state index contributed by atoms with van der Waals surface area (Å²) in [6, 6.07) is 16.9. The van der Waals surface area contributed by atoms with Gasteiger partial charge in [-0.25, -0.2) is 0 Å². The van der Waals surface area contributed by atoms with Gasteiger partial charge in [0.05, 0.1) is 12.5 Å². The van der Waals surface area contributed by atoms with E-state index in [0.717, 1.165) is 36.9 Å². The summed E-state index contributed by atoms with van der Waals surface area (Å²) in [4.78, 5) is 16.3. The number of rotatable bonds is 9. The summed E-state index contributed by atoms with van der Waals surface area (Å²) in [7, 11) is 0. The van der Waals surface area contributed by atoms with Crippen LogP contribution in [-0.4, -0.2) is 28.8 Å². The first-order valence-electron chi connectivity index (χ1n) is 11.4. The van der Waals surface area contributed by atoms with Crippen molar-refractivity contribution in [1.29, 1.82) is 0 Å². The quantitative estimate of drug-likeness (QED) is 0.477. The first-order chi connectivity index (χ1) is 15.5. The van der Waals surface area contributed by atoms with E-state index < -0.39 is 0 Å². The summed E-state index contributed by atoms with van der Waals surface area (Å²) in [5.74, 6) is 1.73. The highest BCUT2D eigenvalue weighted by atomic mass is 16.5. The van der Waals surface area contributed by atoms with Gasteiger partial charge in [-0.15, -0.1) is 0 Å². The molecule has 0 bridgehead atoms. The molecular weight excluding hydrogens is 402 g/mol. The van der Waals surface area contributed by atoms with Crippen molar-refractivity contribution in [3.8, 4) is 22.8 Å². The van der Waals surface area contributed by atoms with E-state index in [4.69, 9.17) is 9.26 Å². The first kappa shape index (κ1) is 22.2. The van der Waals surface area contributed by atoms with Gasteiger partial charge in [-0.2, -0.15) is 4.98 Å². The second-order valence-corrected chi connectivity index (χ2v) is 8.91. The lowest BCUT2D eigenvalue weighted by atomic mass is 9.80. The third-order valence-corrected chi connectivity index (χ3v) is 5.84. The van der Waals surface area contributed by atoms with E-state index in [9.17, 15) is 4.79 Å². The zero-order chi connectivity index (χ0) is 22.5. The van der Waals surface area contributed by atoms with Crippen molar-refractivity contribution in [2.75, 3.05) is 6.61 Å². The lowest BCUT2D eigenvalue weighted by molar-refractivity contribution is -0.151. The van der Waals surface area contributed by atoms with Gasteiger partial charge in [0.15, 0.2) is 0 Å². The Morgan fingerprint density at radius 2 is 1.72 bits per heavy atom. The molecule has 1 fully saturated rings. The van der Waals surface area contributed by atoms with E-state index in [0.29, 0.717) is 30.3 Å². The van der Waals surface area contributed by atoms with Gasteiger partial charge in [-0.05, 0) is 55.4 Å². The lowest BCUT2D eigenvalue weighted by Crippen LogP contribution is -2.44. The molecule has 1 N–H and O–H groups in total. The Bertz CT molecular complexity index is 1020. The van der Waals surface area contributed by atoms with Crippen molar-refractivity contribution in [2.45, 2.75) is 52.6 Å². The van der Waals surface area contributed by atoms with E-state index in [1.165, 1.54) is 11.1 Å². The fraction of sp³-hybridized carbons (Fsp3) is 0.423. The highest BCUT2D eigenvalue weighted by molar-refractivity contribution is 5.73. The Morgan fingerprint density at radius 3 is 2.38 bits per heavy atom. The molecule has 0 saturated heterocycles. The van der Waals surface area contributed by atoms with Crippen molar-refractivity contribution in [2.24, 2.45) is 11.8 Å². The largest absolute Gasteiger partial charge is 0.466 e. The van der Waals surface area contributed by atoms with E-state index >= 15 is 0 Å². The van der Waals surface area contributed by atoms with Gasteiger partial charge in [0, 0.05) is 23.7 Å². The van der Waals surface area contributed by atoms with Crippen LogP contribution in [0.4, 0.5) is 0 Å². The molecule has 0 atom stereocenters. The maximum absolute atomic E-state index is 11.7. The molecule has 3 aromatic rings. The van der Waals surface area contributed by atoms with Crippen LogP contribution in [0, 0.1) is 11.8 Å². The molecule has 2 aromatic carbocycles. The van der Waals surface area contributed by atoms with E-state index in [-0.39, 0.29) is 11.9 Å². The van der Waals surface area contributed by atoms with Crippen LogP contribution >= 0.6 is 0 Å². The van der Waals surface area contributed by atoms with Crippen LogP contribution in [0.1, 0.15) is 44.7 Å². The van der Waals surface area contributed by atoms with Crippen LogP contribution in [0.3, 0.4) is 0 Å². The predicted molar refractivity (Wildman–Crippen MR) is 124 cm³/mol. The first-order valence-corrected chi connectivity index (χ1v) is 11.4. The van der Waals surface area contributed by atoms with Crippen molar-refractivity contribution < 1.29 is 14.1 Å². The monoisotopic (exact) mass is 433 g/mol. The molecular formula is C26H31N3O3. The maximum Gasteiger partial charge on any atom is 0.309 e. The number of hydrogen-bond donors (Lipinski definition) is 1. The number of benzene rings is 2. The van der Waals surface area contributed by atoms with Crippen LogP contribution in [0.2, 0.25) is 0 Å². The highest BCUT2D eigenvalue weighted by Gasteiger charge is 2.35. The molecule has 32 heavy (non-hydrogen) atoms. The normalized spacial score (nSPS) is 17.9. The smallest absolute Gasteiger partial charge is 0.309 e. The van der Waals surface area contributed by atoms with Gasteiger partial charge in [-0.1, -0.05) is 55.4 Å². The molecule has 6 heteroatoms. The number of carbonyl (C=O) groups is 1. The summed E-state index contributed by atoms with van der Waals surface area (Å²) >= 11 is 0. The standard InChI is InChI=1S/C26H31N3O3/c1-4-31-26(30)22-14-23(15-22)27-16-19-7-11-21(12-8-19)25-28-24(29-32-25)20-9-5-18(6-10-20)13-17(2)3/h5-12,17,22-23,27H,4,13-16H2,1-3H3/t22-,23+. The molecule has 1 aliphatic carbocycles. The van der Waals surface area contributed by atoms with Crippen molar-refractivity contribution in [3.05, 3.63) is 59.7 Å². The minimum atomic E-state index is -0.0691. The number of hydrogen-bond acceptors (Lipinski definition) is 6. The van der Waals surface area contributed by atoms with E-state index in [1.54, 1.807) is 0 Å². The van der Waals surface area contributed by atoms with Gasteiger partial charge < -0.3 is 14.6 Å². The van der Waals surface area contributed by atoms with Crippen LogP contribution in [0.15, 0.2) is 53.1 Å². The fourth-order valence-electron chi connectivity index (χ4n) is 3.98. The molecule has 168 valence electrons. The van der Waals surface area contributed by atoms with Crippen LogP contribution in [-0.2, 0) is 22.5 Å². The molecule has 0 unspecified atom stereocenters. The lowest BCUT2D eigenvalue weighted by Gasteiger charge is -2.34. The van der Waals surface area contributed by atoms with E-state index in [2.05, 4.69) is 53.6 Å². The topological polar surface area (TPSA) is 77.2 Å². The number of aromatic nitrogens is 2. The second kappa shape index (κ2) is 10.1. The zero-order valence-corrected chi connectivity index (χ0v) is 19.0. The molecule has 0 amide bonds. The minimum absolute atomic E-state index is 0.0490. The molecule has 1 aliphatic rings.